The van der Waals surface area contributed by atoms with Crippen LogP contribution in [-0.4, -0.2) is 20.7 Å². The summed E-state index contributed by atoms with van der Waals surface area (Å²) in [6.45, 7) is 0. The number of hydrogen-bond donors (Lipinski definition) is 1. The number of nitrogens with zero attached hydrogens (tertiary/aromatic N) is 3. The van der Waals surface area contributed by atoms with Crippen molar-refractivity contribution >= 4 is 27.5 Å². The second kappa shape index (κ2) is 7.19. The van der Waals surface area contributed by atoms with E-state index in [1.54, 1.807) is 11.0 Å². The van der Waals surface area contributed by atoms with Crippen molar-refractivity contribution in [2.75, 3.05) is 5.32 Å². The summed E-state index contributed by atoms with van der Waals surface area (Å²) in [5.74, 6) is -0.00141. The van der Waals surface area contributed by atoms with E-state index in [1.165, 1.54) is 6.33 Å². The van der Waals surface area contributed by atoms with Crippen molar-refractivity contribution in [3.63, 3.8) is 0 Å². The molecule has 3 aromatic rings. The van der Waals surface area contributed by atoms with Gasteiger partial charge in [-0.3, -0.25) is 4.79 Å². The SMILES string of the molecule is O=C(CCc1cccc(Br)c1)Nc1ccc(-n2cncn2)cc1. The fraction of sp³-hybridized carbons (Fsp3) is 0.118. The minimum atomic E-state index is -0.00141. The van der Waals surface area contributed by atoms with E-state index < -0.39 is 0 Å². The molecule has 3 rings (SSSR count). The van der Waals surface area contributed by atoms with Crippen molar-refractivity contribution in [1.82, 2.24) is 14.8 Å². The van der Waals surface area contributed by atoms with Crippen molar-refractivity contribution < 1.29 is 4.79 Å². The van der Waals surface area contributed by atoms with Crippen LogP contribution in [0.3, 0.4) is 0 Å². The highest BCUT2D eigenvalue weighted by atomic mass is 79.9. The predicted molar refractivity (Wildman–Crippen MR) is 92.5 cm³/mol. The topological polar surface area (TPSA) is 59.8 Å². The van der Waals surface area contributed by atoms with E-state index in [0.717, 1.165) is 21.4 Å². The fourth-order valence-electron chi connectivity index (χ4n) is 2.21. The van der Waals surface area contributed by atoms with Gasteiger partial charge in [0.05, 0.1) is 5.69 Å². The number of amides is 1. The van der Waals surface area contributed by atoms with Crippen LogP contribution in [0.1, 0.15) is 12.0 Å². The molecular weight excluding hydrogens is 356 g/mol. The first kappa shape index (κ1) is 15.4. The number of carbonyl (C=O) groups is 1. The maximum absolute atomic E-state index is 12.0. The average molecular weight is 371 g/mol. The Morgan fingerprint density at radius 2 is 2.00 bits per heavy atom. The maximum atomic E-state index is 12.0. The molecule has 1 N–H and O–H groups in total. The number of aromatic nitrogens is 3. The smallest absolute Gasteiger partial charge is 0.224 e. The van der Waals surface area contributed by atoms with Crippen molar-refractivity contribution in [2.24, 2.45) is 0 Å². The quantitative estimate of drug-likeness (QED) is 0.746. The average Bonchev–Trinajstić information content (AvgIpc) is 3.08. The standard InChI is InChI=1S/C17H15BrN4O/c18-14-3-1-2-13(10-14)4-9-17(23)21-15-5-7-16(8-6-15)22-12-19-11-20-22/h1-3,5-8,10-12H,4,9H2,(H,21,23). The van der Waals surface area contributed by atoms with Crippen molar-refractivity contribution in [3.8, 4) is 5.69 Å². The minimum absolute atomic E-state index is 0.00141. The molecule has 0 saturated heterocycles. The third kappa shape index (κ3) is 4.26. The highest BCUT2D eigenvalue weighted by Crippen LogP contribution is 2.15. The van der Waals surface area contributed by atoms with E-state index in [9.17, 15) is 4.79 Å². The number of halogens is 1. The second-order valence-electron chi connectivity index (χ2n) is 5.07. The lowest BCUT2D eigenvalue weighted by Crippen LogP contribution is -2.12. The maximum Gasteiger partial charge on any atom is 0.224 e. The second-order valence-corrected chi connectivity index (χ2v) is 5.98. The van der Waals surface area contributed by atoms with Crippen LogP contribution < -0.4 is 5.32 Å². The number of nitrogens with one attached hydrogen (secondary N) is 1. The zero-order chi connectivity index (χ0) is 16.1. The Balaban J connectivity index is 1.55. The predicted octanol–water partition coefficient (Wildman–Crippen LogP) is 3.60. The van der Waals surface area contributed by atoms with E-state index >= 15 is 0 Å². The van der Waals surface area contributed by atoms with Crippen molar-refractivity contribution in [3.05, 3.63) is 71.2 Å². The minimum Gasteiger partial charge on any atom is -0.326 e. The first-order valence-corrected chi connectivity index (χ1v) is 7.99. The lowest BCUT2D eigenvalue weighted by molar-refractivity contribution is -0.116. The lowest BCUT2D eigenvalue weighted by atomic mass is 10.1. The number of rotatable bonds is 5. The Kier molecular flexibility index (Phi) is 4.83. The molecule has 23 heavy (non-hydrogen) atoms. The molecule has 5 nitrogen and oxygen atoms in total. The molecule has 0 aliphatic rings. The van der Waals surface area contributed by atoms with E-state index in [-0.39, 0.29) is 5.91 Å². The van der Waals surface area contributed by atoms with Crippen LogP contribution in [0.25, 0.3) is 5.69 Å². The summed E-state index contributed by atoms with van der Waals surface area (Å²) < 4.78 is 2.69. The van der Waals surface area contributed by atoms with Crippen molar-refractivity contribution in [1.29, 1.82) is 0 Å². The van der Waals surface area contributed by atoms with Gasteiger partial charge in [-0.1, -0.05) is 28.1 Å². The van der Waals surface area contributed by atoms with Gasteiger partial charge in [0.15, 0.2) is 0 Å². The highest BCUT2D eigenvalue weighted by molar-refractivity contribution is 9.10. The molecule has 0 saturated carbocycles. The summed E-state index contributed by atoms with van der Waals surface area (Å²) in [6, 6.07) is 15.5. The van der Waals surface area contributed by atoms with Crippen LogP contribution in [0.4, 0.5) is 5.69 Å². The van der Waals surface area contributed by atoms with Gasteiger partial charge in [-0.25, -0.2) is 9.67 Å². The number of aryl methyl sites for hydroxylation is 1. The summed E-state index contributed by atoms with van der Waals surface area (Å²) in [4.78, 5) is 15.9. The van der Waals surface area contributed by atoms with E-state index in [1.807, 2.05) is 48.5 Å². The summed E-state index contributed by atoms with van der Waals surface area (Å²) in [7, 11) is 0. The Hall–Kier alpha value is -2.47. The van der Waals surface area contributed by atoms with Crippen molar-refractivity contribution in [2.45, 2.75) is 12.8 Å². The first-order valence-electron chi connectivity index (χ1n) is 7.20. The molecule has 0 unspecified atom stereocenters. The van der Waals surface area contributed by atoms with Gasteiger partial charge in [0.25, 0.3) is 0 Å². The molecular formula is C17H15BrN4O. The molecule has 0 aliphatic carbocycles. The molecule has 0 atom stereocenters. The summed E-state index contributed by atoms with van der Waals surface area (Å²) in [5.41, 5.74) is 2.80. The van der Waals surface area contributed by atoms with Gasteiger partial charge in [0.1, 0.15) is 12.7 Å². The molecule has 2 aromatic carbocycles. The Labute approximate surface area is 142 Å². The number of anilines is 1. The largest absolute Gasteiger partial charge is 0.326 e. The van der Waals surface area contributed by atoms with Crippen LogP contribution in [-0.2, 0) is 11.2 Å². The molecule has 0 bridgehead atoms. The molecule has 6 heteroatoms. The van der Waals surface area contributed by atoms with Gasteiger partial charge in [-0.05, 0) is 48.4 Å². The van der Waals surface area contributed by atoms with Gasteiger partial charge < -0.3 is 5.32 Å². The Bertz CT molecular complexity index is 785. The summed E-state index contributed by atoms with van der Waals surface area (Å²) in [6.07, 6.45) is 4.27. The normalized spacial score (nSPS) is 10.5. The van der Waals surface area contributed by atoms with Crippen LogP contribution in [0.5, 0.6) is 0 Å². The molecule has 0 aliphatic heterocycles. The lowest BCUT2D eigenvalue weighted by Gasteiger charge is -2.07. The molecule has 1 heterocycles. The first-order chi connectivity index (χ1) is 11.2. The zero-order valence-electron chi connectivity index (χ0n) is 12.3. The molecule has 1 aromatic heterocycles. The third-order valence-electron chi connectivity index (χ3n) is 3.36. The zero-order valence-corrected chi connectivity index (χ0v) is 13.9. The number of carbonyl (C=O) groups excluding carboxylic acids is 1. The van der Waals surface area contributed by atoms with Gasteiger partial charge in [-0.2, -0.15) is 5.10 Å². The van der Waals surface area contributed by atoms with E-state index in [4.69, 9.17) is 0 Å². The molecule has 116 valence electrons. The van der Waals surface area contributed by atoms with E-state index in [0.29, 0.717) is 12.8 Å². The molecule has 0 radical (unpaired) electrons. The third-order valence-corrected chi connectivity index (χ3v) is 3.86. The van der Waals surface area contributed by atoms with Gasteiger partial charge in [0.2, 0.25) is 5.91 Å². The fourth-order valence-corrected chi connectivity index (χ4v) is 2.66. The Morgan fingerprint density at radius 3 is 2.70 bits per heavy atom. The molecule has 1 amide bonds. The number of benzene rings is 2. The van der Waals surface area contributed by atoms with Gasteiger partial charge >= 0.3 is 0 Å². The Morgan fingerprint density at radius 1 is 1.17 bits per heavy atom. The molecule has 0 fully saturated rings. The monoisotopic (exact) mass is 370 g/mol. The van der Waals surface area contributed by atoms with Crippen LogP contribution in [0, 0.1) is 0 Å². The van der Waals surface area contributed by atoms with Gasteiger partial charge in [0, 0.05) is 16.6 Å². The van der Waals surface area contributed by atoms with Crippen LogP contribution in [0.2, 0.25) is 0 Å². The highest BCUT2D eigenvalue weighted by Gasteiger charge is 2.04. The van der Waals surface area contributed by atoms with Gasteiger partial charge in [-0.15, -0.1) is 0 Å². The summed E-state index contributed by atoms with van der Waals surface area (Å²) >= 11 is 3.43. The van der Waals surface area contributed by atoms with Crippen LogP contribution >= 0.6 is 15.9 Å². The number of hydrogen-bond acceptors (Lipinski definition) is 3. The van der Waals surface area contributed by atoms with Crippen LogP contribution in [0.15, 0.2) is 65.7 Å². The summed E-state index contributed by atoms with van der Waals surface area (Å²) in [5, 5.41) is 6.96. The van der Waals surface area contributed by atoms with E-state index in [2.05, 4.69) is 31.3 Å². The molecule has 0 spiro atoms.